The van der Waals surface area contributed by atoms with Crippen molar-refractivity contribution >= 4 is 5.91 Å². The zero-order valence-corrected chi connectivity index (χ0v) is 12.8. The number of nitrogens with zero attached hydrogens (tertiary/aromatic N) is 3. The molecule has 2 saturated heterocycles. The van der Waals surface area contributed by atoms with Crippen LogP contribution in [-0.2, 0) is 11.2 Å². The minimum atomic E-state index is -0.377. The van der Waals surface area contributed by atoms with Crippen LogP contribution in [0, 0.1) is 5.92 Å². The highest BCUT2D eigenvalue weighted by atomic mass is 16.3. The molecular formula is C16H24N4O2. The number of rotatable bonds is 4. The second-order valence-electron chi connectivity index (χ2n) is 6.18. The quantitative estimate of drug-likeness (QED) is 0.774. The number of nitrogens with one attached hydrogen (secondary N) is 1. The zero-order valence-electron chi connectivity index (χ0n) is 12.8. The number of carbonyl (C=O) groups excluding carboxylic acids is 1. The molecular weight excluding hydrogens is 280 g/mol. The van der Waals surface area contributed by atoms with Gasteiger partial charge in [-0.25, -0.2) is 0 Å². The molecule has 2 fully saturated rings. The van der Waals surface area contributed by atoms with Gasteiger partial charge in [0.25, 0.3) is 0 Å². The summed E-state index contributed by atoms with van der Waals surface area (Å²) < 4.78 is 0. The number of amides is 1. The van der Waals surface area contributed by atoms with Gasteiger partial charge < -0.3 is 15.3 Å². The van der Waals surface area contributed by atoms with Crippen LogP contribution in [0.15, 0.2) is 24.4 Å². The van der Waals surface area contributed by atoms with Crippen LogP contribution in [0.5, 0.6) is 0 Å². The second kappa shape index (κ2) is 7.17. The van der Waals surface area contributed by atoms with Gasteiger partial charge in [-0.3, -0.25) is 14.7 Å². The number of piperazine rings is 1. The number of carbonyl (C=O) groups is 1. The molecule has 0 radical (unpaired) electrons. The van der Waals surface area contributed by atoms with E-state index in [2.05, 4.69) is 15.2 Å². The summed E-state index contributed by atoms with van der Waals surface area (Å²) in [5.41, 5.74) is 1.00. The first-order chi connectivity index (χ1) is 10.7. The summed E-state index contributed by atoms with van der Waals surface area (Å²) in [7, 11) is 0. The monoisotopic (exact) mass is 304 g/mol. The van der Waals surface area contributed by atoms with Gasteiger partial charge in [0.2, 0.25) is 5.91 Å². The van der Waals surface area contributed by atoms with Crippen LogP contribution in [0.4, 0.5) is 0 Å². The molecule has 2 aliphatic heterocycles. The van der Waals surface area contributed by atoms with Gasteiger partial charge in [0.05, 0.1) is 12.6 Å². The lowest BCUT2D eigenvalue weighted by Crippen LogP contribution is -2.49. The SMILES string of the molecule is O=C(CN1C[C@@H](Cc2ccccn2)[C@H](O)C1)N1CCNCC1. The number of aromatic nitrogens is 1. The van der Waals surface area contributed by atoms with Crippen molar-refractivity contribution in [2.75, 3.05) is 45.8 Å². The van der Waals surface area contributed by atoms with Crippen molar-refractivity contribution in [3.63, 3.8) is 0 Å². The number of hydrogen-bond acceptors (Lipinski definition) is 5. The lowest BCUT2D eigenvalue weighted by Gasteiger charge is -2.29. The van der Waals surface area contributed by atoms with Crippen LogP contribution in [0.3, 0.4) is 0 Å². The highest BCUT2D eigenvalue weighted by Gasteiger charge is 2.33. The lowest BCUT2D eigenvalue weighted by atomic mass is 10.00. The van der Waals surface area contributed by atoms with Gasteiger partial charge in [-0.15, -0.1) is 0 Å². The molecule has 0 bridgehead atoms. The summed E-state index contributed by atoms with van der Waals surface area (Å²) in [6.07, 6.45) is 2.17. The van der Waals surface area contributed by atoms with E-state index in [1.54, 1.807) is 6.20 Å². The molecule has 6 nitrogen and oxygen atoms in total. The van der Waals surface area contributed by atoms with Gasteiger partial charge in [-0.1, -0.05) is 6.07 Å². The molecule has 2 atom stereocenters. The maximum atomic E-state index is 12.3. The van der Waals surface area contributed by atoms with Crippen LogP contribution in [-0.4, -0.2) is 77.7 Å². The average molecular weight is 304 g/mol. The molecule has 120 valence electrons. The molecule has 22 heavy (non-hydrogen) atoms. The zero-order chi connectivity index (χ0) is 15.4. The van der Waals surface area contributed by atoms with Crippen molar-refractivity contribution in [2.24, 2.45) is 5.92 Å². The van der Waals surface area contributed by atoms with E-state index in [0.717, 1.165) is 44.8 Å². The van der Waals surface area contributed by atoms with Gasteiger partial charge in [0, 0.05) is 57.1 Å². The summed E-state index contributed by atoms with van der Waals surface area (Å²) >= 11 is 0. The highest BCUT2D eigenvalue weighted by molar-refractivity contribution is 5.78. The predicted molar refractivity (Wildman–Crippen MR) is 83.3 cm³/mol. The number of aliphatic hydroxyl groups is 1. The molecule has 2 aliphatic rings. The fourth-order valence-corrected chi connectivity index (χ4v) is 3.26. The van der Waals surface area contributed by atoms with Crippen LogP contribution in [0.2, 0.25) is 0 Å². The Morgan fingerprint density at radius 1 is 1.32 bits per heavy atom. The van der Waals surface area contributed by atoms with Crippen LogP contribution in [0.25, 0.3) is 0 Å². The molecule has 0 spiro atoms. The van der Waals surface area contributed by atoms with E-state index >= 15 is 0 Å². The number of likely N-dealkylation sites (tertiary alicyclic amines) is 1. The minimum absolute atomic E-state index is 0.158. The molecule has 0 unspecified atom stereocenters. The van der Waals surface area contributed by atoms with Crippen LogP contribution < -0.4 is 5.32 Å². The Balaban J connectivity index is 1.51. The molecule has 1 amide bonds. The Kier molecular flexibility index (Phi) is 5.02. The Labute approximate surface area is 131 Å². The minimum Gasteiger partial charge on any atom is -0.391 e. The van der Waals surface area contributed by atoms with Gasteiger partial charge in [-0.2, -0.15) is 0 Å². The van der Waals surface area contributed by atoms with Crippen molar-refractivity contribution in [3.8, 4) is 0 Å². The van der Waals surface area contributed by atoms with Crippen LogP contribution >= 0.6 is 0 Å². The van der Waals surface area contributed by atoms with Crippen molar-refractivity contribution in [1.82, 2.24) is 20.1 Å². The molecule has 2 N–H and O–H groups in total. The van der Waals surface area contributed by atoms with Gasteiger partial charge in [0.15, 0.2) is 0 Å². The smallest absolute Gasteiger partial charge is 0.236 e. The van der Waals surface area contributed by atoms with Gasteiger partial charge >= 0.3 is 0 Å². The fourth-order valence-electron chi connectivity index (χ4n) is 3.26. The van der Waals surface area contributed by atoms with Crippen molar-refractivity contribution in [2.45, 2.75) is 12.5 Å². The summed E-state index contributed by atoms with van der Waals surface area (Å²) in [6, 6.07) is 5.85. The number of hydrogen-bond donors (Lipinski definition) is 2. The first-order valence-electron chi connectivity index (χ1n) is 8.01. The molecule has 1 aromatic heterocycles. The number of aliphatic hydroxyl groups excluding tert-OH is 1. The van der Waals surface area contributed by atoms with Crippen molar-refractivity contribution in [1.29, 1.82) is 0 Å². The Morgan fingerprint density at radius 3 is 2.86 bits per heavy atom. The van der Waals surface area contributed by atoms with Crippen LogP contribution in [0.1, 0.15) is 5.69 Å². The average Bonchev–Trinajstić information content (AvgIpc) is 2.88. The number of β-amino-alcohol motifs (C(OH)–C–C–N with tert-alkyl or cyclic N) is 1. The number of pyridine rings is 1. The Hall–Kier alpha value is -1.50. The molecule has 6 heteroatoms. The maximum Gasteiger partial charge on any atom is 0.236 e. The van der Waals surface area contributed by atoms with E-state index in [0.29, 0.717) is 13.1 Å². The second-order valence-corrected chi connectivity index (χ2v) is 6.18. The molecule has 0 saturated carbocycles. The summed E-state index contributed by atoms with van der Waals surface area (Å²) in [5.74, 6) is 0.331. The third-order valence-corrected chi connectivity index (χ3v) is 4.51. The summed E-state index contributed by atoms with van der Waals surface area (Å²) in [4.78, 5) is 20.6. The first-order valence-corrected chi connectivity index (χ1v) is 8.01. The summed E-state index contributed by atoms with van der Waals surface area (Å²) in [5, 5.41) is 13.5. The Morgan fingerprint density at radius 2 is 2.14 bits per heavy atom. The van der Waals surface area contributed by atoms with E-state index in [9.17, 15) is 9.90 Å². The topological polar surface area (TPSA) is 68.7 Å². The third kappa shape index (κ3) is 3.82. The molecule has 3 rings (SSSR count). The summed E-state index contributed by atoms with van der Waals surface area (Å²) in [6.45, 7) is 5.06. The largest absolute Gasteiger partial charge is 0.391 e. The Bertz CT molecular complexity index is 490. The van der Waals surface area contributed by atoms with E-state index < -0.39 is 0 Å². The van der Waals surface area contributed by atoms with E-state index in [4.69, 9.17) is 0 Å². The van der Waals surface area contributed by atoms with Crippen molar-refractivity contribution in [3.05, 3.63) is 30.1 Å². The highest BCUT2D eigenvalue weighted by Crippen LogP contribution is 2.20. The maximum absolute atomic E-state index is 12.3. The fraction of sp³-hybridized carbons (Fsp3) is 0.625. The van der Waals surface area contributed by atoms with E-state index in [-0.39, 0.29) is 17.9 Å². The molecule has 0 aromatic carbocycles. The molecule has 3 heterocycles. The first kappa shape index (κ1) is 15.4. The molecule has 0 aliphatic carbocycles. The van der Waals surface area contributed by atoms with E-state index in [1.807, 2.05) is 23.1 Å². The van der Waals surface area contributed by atoms with Gasteiger partial charge in [0.1, 0.15) is 0 Å². The predicted octanol–water partition coefficient (Wildman–Crippen LogP) is -0.651. The van der Waals surface area contributed by atoms with Gasteiger partial charge in [-0.05, 0) is 18.6 Å². The molecule has 1 aromatic rings. The van der Waals surface area contributed by atoms with E-state index in [1.165, 1.54) is 0 Å². The normalized spacial score (nSPS) is 26.3. The standard InChI is InChI=1S/C16H24N4O2/c21-15-11-19(12-16(22)20-7-5-17-6-8-20)10-13(15)9-14-3-1-2-4-18-14/h1-4,13,15,17,21H,5-12H2/t13-,15-/m1/s1. The third-order valence-electron chi connectivity index (χ3n) is 4.51. The van der Waals surface area contributed by atoms with Crippen molar-refractivity contribution < 1.29 is 9.90 Å². The lowest BCUT2D eigenvalue weighted by molar-refractivity contribution is -0.132.